The molecule has 0 aliphatic carbocycles. The normalized spacial score (nSPS) is 11.6. The quantitative estimate of drug-likeness (QED) is 0.212. The maximum Gasteiger partial charge on any atom is 0.136 e. The minimum absolute atomic E-state index is 0.909. The second kappa shape index (κ2) is 9.86. The summed E-state index contributed by atoms with van der Waals surface area (Å²) >= 11 is 0. The molecule has 8 aromatic carbocycles. The Bertz CT molecular complexity index is 2490. The Hall–Kier alpha value is -5.86. The number of benzene rings is 8. The lowest BCUT2D eigenvalue weighted by molar-refractivity contribution is 0.669. The molecule has 0 saturated heterocycles. The molecule has 0 N–H and O–H groups in total. The van der Waals surface area contributed by atoms with Crippen LogP contribution in [0.1, 0.15) is 0 Å². The second-order valence-electron chi connectivity index (χ2n) is 11.4. The third-order valence-corrected chi connectivity index (χ3v) is 8.83. The number of para-hydroxylation sites is 1. The van der Waals surface area contributed by atoms with Crippen LogP contribution in [-0.2, 0) is 0 Å². The van der Waals surface area contributed by atoms with Crippen molar-refractivity contribution in [1.82, 2.24) is 0 Å². The zero-order valence-corrected chi connectivity index (χ0v) is 23.9. The molecule has 9 rings (SSSR count). The van der Waals surface area contributed by atoms with Gasteiger partial charge in [-0.2, -0.15) is 0 Å². The van der Waals surface area contributed by atoms with E-state index in [2.05, 4.69) is 157 Å². The molecule has 0 aliphatic rings. The van der Waals surface area contributed by atoms with E-state index in [1.807, 2.05) is 12.1 Å². The molecule has 2 nitrogen and oxygen atoms in total. The molecule has 0 bridgehead atoms. The van der Waals surface area contributed by atoms with Gasteiger partial charge in [-0.1, -0.05) is 121 Å². The number of rotatable bonds is 4. The highest BCUT2D eigenvalue weighted by atomic mass is 16.3. The first-order valence-corrected chi connectivity index (χ1v) is 15.0. The predicted octanol–water partition coefficient (Wildman–Crippen LogP) is 12.2. The maximum atomic E-state index is 6.26. The molecular weight excluding hydrogens is 534 g/mol. The Balaban J connectivity index is 1.29. The van der Waals surface area contributed by atoms with Crippen molar-refractivity contribution < 1.29 is 4.42 Å². The van der Waals surface area contributed by atoms with Crippen molar-refractivity contribution in [2.75, 3.05) is 4.90 Å². The van der Waals surface area contributed by atoms with Crippen LogP contribution in [0.25, 0.3) is 65.4 Å². The van der Waals surface area contributed by atoms with Crippen LogP contribution in [0.15, 0.2) is 168 Å². The van der Waals surface area contributed by atoms with Crippen LogP contribution in [0.3, 0.4) is 0 Å². The van der Waals surface area contributed by atoms with Gasteiger partial charge < -0.3 is 9.32 Å². The van der Waals surface area contributed by atoms with Gasteiger partial charge in [-0.15, -0.1) is 0 Å². The lowest BCUT2D eigenvalue weighted by Crippen LogP contribution is -2.11. The summed E-state index contributed by atoms with van der Waals surface area (Å²) in [5.41, 5.74) is 7.64. The van der Waals surface area contributed by atoms with Crippen LogP contribution in [0, 0.1) is 0 Å². The molecule has 0 aliphatic heterocycles. The molecule has 9 aromatic rings. The summed E-state index contributed by atoms with van der Waals surface area (Å²) in [7, 11) is 0. The van der Waals surface area contributed by atoms with Crippen molar-refractivity contribution in [3.8, 4) is 11.1 Å². The predicted molar refractivity (Wildman–Crippen MR) is 186 cm³/mol. The maximum absolute atomic E-state index is 6.26. The van der Waals surface area contributed by atoms with Gasteiger partial charge in [-0.3, -0.25) is 0 Å². The molecule has 0 atom stereocenters. The Morgan fingerprint density at radius 1 is 0.364 bits per heavy atom. The first kappa shape index (κ1) is 24.7. The van der Waals surface area contributed by atoms with Crippen LogP contribution in [0.5, 0.6) is 0 Å². The van der Waals surface area contributed by atoms with Crippen molar-refractivity contribution in [2.45, 2.75) is 0 Å². The van der Waals surface area contributed by atoms with Gasteiger partial charge in [0.05, 0.1) is 11.4 Å². The molecule has 0 spiro atoms. The average Bonchev–Trinajstić information content (AvgIpc) is 3.45. The van der Waals surface area contributed by atoms with Gasteiger partial charge >= 0.3 is 0 Å². The number of hydrogen-bond donors (Lipinski definition) is 0. The average molecular weight is 562 g/mol. The van der Waals surface area contributed by atoms with Crippen LogP contribution in [0.2, 0.25) is 0 Å². The van der Waals surface area contributed by atoms with Gasteiger partial charge in [0.2, 0.25) is 0 Å². The topological polar surface area (TPSA) is 16.4 Å². The van der Waals surface area contributed by atoms with Gasteiger partial charge in [-0.25, -0.2) is 0 Å². The molecule has 2 heteroatoms. The van der Waals surface area contributed by atoms with E-state index in [0.29, 0.717) is 0 Å². The molecule has 1 heterocycles. The fourth-order valence-corrected chi connectivity index (χ4v) is 6.75. The summed E-state index contributed by atoms with van der Waals surface area (Å²) in [5.74, 6) is 0. The number of fused-ring (bicyclic) bond motifs is 6. The summed E-state index contributed by atoms with van der Waals surface area (Å²) in [5, 5.41) is 9.52. The third-order valence-electron chi connectivity index (χ3n) is 8.83. The highest BCUT2D eigenvalue weighted by Gasteiger charge is 2.19. The van der Waals surface area contributed by atoms with E-state index >= 15 is 0 Å². The highest BCUT2D eigenvalue weighted by molar-refractivity contribution is 6.14. The standard InChI is InChI=1S/C42H27NO/c1-3-15-33-28(10-1)12-7-18-34(33)30-22-24-32(25-23-30)43(39-19-8-13-29-11-2-4-16-35(29)39)40-20-9-14-31-26-42-38(27-37(31)40)36-17-5-6-21-41(36)44-42/h1-27H. The van der Waals surface area contributed by atoms with Crippen LogP contribution >= 0.6 is 0 Å². The van der Waals surface area contributed by atoms with E-state index in [1.54, 1.807) is 0 Å². The highest BCUT2D eigenvalue weighted by Crippen LogP contribution is 2.44. The molecule has 44 heavy (non-hydrogen) atoms. The van der Waals surface area contributed by atoms with Gasteiger partial charge in [0.1, 0.15) is 11.2 Å². The number of nitrogens with zero attached hydrogens (tertiary/aromatic N) is 1. The van der Waals surface area contributed by atoms with Crippen LogP contribution < -0.4 is 4.90 Å². The molecule has 0 fully saturated rings. The summed E-state index contributed by atoms with van der Waals surface area (Å²) in [6.45, 7) is 0. The Labute approximate surface area is 255 Å². The van der Waals surface area contributed by atoms with Gasteiger partial charge in [0.25, 0.3) is 0 Å². The summed E-state index contributed by atoms with van der Waals surface area (Å²) in [6, 6.07) is 58.7. The number of anilines is 3. The lowest BCUT2D eigenvalue weighted by Gasteiger charge is -2.28. The Morgan fingerprint density at radius 3 is 1.75 bits per heavy atom. The second-order valence-corrected chi connectivity index (χ2v) is 11.4. The SMILES string of the molecule is c1ccc2c(-c3ccc(N(c4cccc5ccccc45)c4cccc5cc6oc7ccccc7c6cc45)cc3)cccc2c1. The minimum Gasteiger partial charge on any atom is -0.456 e. The fourth-order valence-electron chi connectivity index (χ4n) is 6.75. The van der Waals surface area contributed by atoms with E-state index in [0.717, 1.165) is 44.4 Å². The number of furan rings is 1. The van der Waals surface area contributed by atoms with Crippen molar-refractivity contribution in [1.29, 1.82) is 0 Å². The van der Waals surface area contributed by atoms with E-state index in [4.69, 9.17) is 4.42 Å². The van der Waals surface area contributed by atoms with Gasteiger partial charge in [-0.05, 0) is 75.1 Å². The summed E-state index contributed by atoms with van der Waals surface area (Å²) in [6.07, 6.45) is 0. The summed E-state index contributed by atoms with van der Waals surface area (Å²) in [4.78, 5) is 2.41. The van der Waals surface area contributed by atoms with E-state index in [9.17, 15) is 0 Å². The lowest BCUT2D eigenvalue weighted by atomic mass is 9.97. The van der Waals surface area contributed by atoms with E-state index < -0.39 is 0 Å². The molecule has 206 valence electrons. The van der Waals surface area contributed by atoms with Crippen molar-refractivity contribution in [3.63, 3.8) is 0 Å². The molecular formula is C42H27NO. The molecule has 0 unspecified atom stereocenters. The zero-order valence-electron chi connectivity index (χ0n) is 23.9. The zero-order chi connectivity index (χ0) is 29.0. The monoisotopic (exact) mass is 561 g/mol. The van der Waals surface area contributed by atoms with Gasteiger partial charge in [0.15, 0.2) is 0 Å². The largest absolute Gasteiger partial charge is 0.456 e. The number of hydrogen-bond acceptors (Lipinski definition) is 2. The first-order chi connectivity index (χ1) is 21.8. The smallest absolute Gasteiger partial charge is 0.136 e. The van der Waals surface area contributed by atoms with Gasteiger partial charge in [0, 0.05) is 27.2 Å². The van der Waals surface area contributed by atoms with Crippen LogP contribution in [0.4, 0.5) is 17.1 Å². The Morgan fingerprint density at radius 2 is 0.955 bits per heavy atom. The minimum atomic E-state index is 0.909. The van der Waals surface area contributed by atoms with E-state index in [1.165, 1.54) is 38.1 Å². The van der Waals surface area contributed by atoms with E-state index in [-0.39, 0.29) is 0 Å². The van der Waals surface area contributed by atoms with Crippen molar-refractivity contribution in [3.05, 3.63) is 164 Å². The van der Waals surface area contributed by atoms with Crippen LogP contribution in [-0.4, -0.2) is 0 Å². The van der Waals surface area contributed by atoms with Crippen molar-refractivity contribution >= 4 is 71.3 Å². The fraction of sp³-hybridized carbons (Fsp3) is 0. The molecule has 0 saturated carbocycles. The first-order valence-electron chi connectivity index (χ1n) is 15.0. The Kier molecular flexibility index (Phi) is 5.54. The molecule has 0 amide bonds. The molecule has 0 radical (unpaired) electrons. The third kappa shape index (κ3) is 3.89. The van der Waals surface area contributed by atoms with Crippen molar-refractivity contribution in [2.24, 2.45) is 0 Å². The molecule has 1 aromatic heterocycles. The summed E-state index contributed by atoms with van der Waals surface area (Å²) < 4.78 is 6.26.